The van der Waals surface area contributed by atoms with E-state index in [0.29, 0.717) is 0 Å². The summed E-state index contributed by atoms with van der Waals surface area (Å²) in [5.74, 6) is 0. The molecule has 100 valence electrons. The van der Waals surface area contributed by atoms with Crippen molar-refractivity contribution in [3.63, 3.8) is 0 Å². The first-order chi connectivity index (χ1) is 10.4. The minimum absolute atomic E-state index is 0.974. The Morgan fingerprint density at radius 2 is 1.48 bits per heavy atom. The molecule has 0 N–H and O–H groups in total. The van der Waals surface area contributed by atoms with Crippen LogP contribution in [-0.2, 0) is 7.05 Å². The number of furan rings is 1. The summed E-state index contributed by atoms with van der Waals surface area (Å²) in [7, 11) is 2.11. The molecule has 3 aromatic carbocycles. The van der Waals surface area contributed by atoms with Gasteiger partial charge in [0, 0.05) is 28.7 Å². The third kappa shape index (κ3) is 1.23. The summed E-state index contributed by atoms with van der Waals surface area (Å²) in [6.07, 6.45) is 1.79. The summed E-state index contributed by atoms with van der Waals surface area (Å²) in [6.45, 7) is 0. The maximum Gasteiger partial charge on any atom is 0.158 e. The second kappa shape index (κ2) is 3.67. The van der Waals surface area contributed by atoms with E-state index in [1.54, 1.807) is 6.26 Å². The van der Waals surface area contributed by atoms with Gasteiger partial charge in [-0.2, -0.15) is 0 Å². The highest BCUT2D eigenvalue weighted by molar-refractivity contribution is 6.30. The Balaban J connectivity index is 2.30. The van der Waals surface area contributed by atoms with Crippen molar-refractivity contribution in [2.75, 3.05) is 0 Å². The zero-order valence-electron chi connectivity index (χ0n) is 11.6. The summed E-state index contributed by atoms with van der Waals surface area (Å²) in [6, 6.07) is 19.2. The molecular formula is C19H13NO. The van der Waals surface area contributed by atoms with Gasteiger partial charge in [-0.05, 0) is 22.9 Å². The Kier molecular flexibility index (Phi) is 1.92. The van der Waals surface area contributed by atoms with Crippen molar-refractivity contribution in [3.8, 4) is 0 Å². The third-order valence-corrected chi connectivity index (χ3v) is 4.47. The van der Waals surface area contributed by atoms with Gasteiger partial charge in [0.15, 0.2) is 5.58 Å². The van der Waals surface area contributed by atoms with Crippen LogP contribution in [0.4, 0.5) is 0 Å². The second-order valence-electron chi connectivity index (χ2n) is 5.51. The Labute approximate surface area is 121 Å². The quantitative estimate of drug-likeness (QED) is 0.377. The third-order valence-electron chi connectivity index (χ3n) is 4.47. The van der Waals surface area contributed by atoms with Gasteiger partial charge < -0.3 is 8.98 Å². The molecule has 0 aliphatic carbocycles. The van der Waals surface area contributed by atoms with Gasteiger partial charge in [-0.25, -0.2) is 0 Å². The average Bonchev–Trinajstić information content (AvgIpc) is 3.12. The monoisotopic (exact) mass is 271 g/mol. The fraction of sp³-hybridized carbons (Fsp3) is 0.0526. The van der Waals surface area contributed by atoms with Crippen molar-refractivity contribution in [1.82, 2.24) is 4.57 Å². The van der Waals surface area contributed by atoms with Crippen molar-refractivity contribution < 1.29 is 4.42 Å². The summed E-state index contributed by atoms with van der Waals surface area (Å²) in [4.78, 5) is 0. The first-order valence-corrected chi connectivity index (χ1v) is 7.11. The molecule has 21 heavy (non-hydrogen) atoms. The number of hydrogen-bond acceptors (Lipinski definition) is 1. The van der Waals surface area contributed by atoms with Crippen molar-refractivity contribution in [3.05, 3.63) is 60.9 Å². The number of nitrogens with zero attached hydrogens (tertiary/aromatic N) is 1. The maximum atomic E-state index is 5.83. The number of aryl methyl sites for hydroxylation is 1. The molecule has 0 saturated heterocycles. The van der Waals surface area contributed by atoms with Gasteiger partial charge in [-0.3, -0.25) is 0 Å². The number of para-hydroxylation sites is 1. The summed E-state index contributed by atoms with van der Waals surface area (Å²) >= 11 is 0. The standard InChI is InChI=1S/C19H13NO/c1-20-16-9-5-4-8-15(16)17-13-7-3-2-6-12(13)14-10-11-21-19(14)18(17)20/h2-11H,1H3. The second-order valence-corrected chi connectivity index (χ2v) is 5.51. The van der Waals surface area contributed by atoms with E-state index in [4.69, 9.17) is 4.42 Å². The lowest BCUT2D eigenvalue weighted by atomic mass is 10.0. The molecule has 0 bridgehead atoms. The number of rotatable bonds is 0. The number of aromatic nitrogens is 1. The molecule has 2 nitrogen and oxygen atoms in total. The van der Waals surface area contributed by atoms with E-state index in [-0.39, 0.29) is 0 Å². The van der Waals surface area contributed by atoms with Crippen molar-refractivity contribution in [1.29, 1.82) is 0 Å². The van der Waals surface area contributed by atoms with E-state index in [2.05, 4.69) is 66.2 Å². The van der Waals surface area contributed by atoms with Crippen molar-refractivity contribution >= 4 is 43.5 Å². The summed E-state index contributed by atoms with van der Waals surface area (Å²) in [5, 5.41) is 6.29. The number of hydrogen-bond donors (Lipinski definition) is 0. The predicted molar refractivity (Wildman–Crippen MR) is 87.7 cm³/mol. The minimum Gasteiger partial charge on any atom is -0.462 e. The molecule has 2 aromatic heterocycles. The molecule has 2 heterocycles. The summed E-state index contributed by atoms with van der Waals surface area (Å²) < 4.78 is 8.07. The van der Waals surface area contributed by atoms with Crippen LogP contribution in [0.15, 0.2) is 65.3 Å². The molecular weight excluding hydrogens is 258 g/mol. The first-order valence-electron chi connectivity index (χ1n) is 7.11. The minimum atomic E-state index is 0.974. The average molecular weight is 271 g/mol. The van der Waals surface area contributed by atoms with Gasteiger partial charge in [0.25, 0.3) is 0 Å². The molecule has 0 saturated carbocycles. The van der Waals surface area contributed by atoms with E-state index in [0.717, 1.165) is 5.58 Å². The van der Waals surface area contributed by atoms with E-state index in [1.165, 1.54) is 38.0 Å². The van der Waals surface area contributed by atoms with Crippen LogP contribution >= 0.6 is 0 Å². The molecule has 0 aliphatic heterocycles. The highest BCUT2D eigenvalue weighted by Gasteiger charge is 2.17. The van der Waals surface area contributed by atoms with Crippen LogP contribution in [0.3, 0.4) is 0 Å². The first kappa shape index (κ1) is 11.0. The van der Waals surface area contributed by atoms with Gasteiger partial charge in [-0.1, -0.05) is 42.5 Å². The van der Waals surface area contributed by atoms with E-state index in [1.807, 2.05) is 0 Å². The van der Waals surface area contributed by atoms with Crippen LogP contribution in [-0.4, -0.2) is 4.57 Å². The van der Waals surface area contributed by atoms with Crippen LogP contribution in [0.1, 0.15) is 0 Å². The fourth-order valence-electron chi connectivity index (χ4n) is 3.57. The lowest BCUT2D eigenvalue weighted by Gasteiger charge is -2.04. The van der Waals surface area contributed by atoms with Crippen molar-refractivity contribution in [2.45, 2.75) is 0 Å². The molecule has 0 amide bonds. The van der Waals surface area contributed by atoms with Gasteiger partial charge in [0.1, 0.15) is 0 Å². The lowest BCUT2D eigenvalue weighted by molar-refractivity contribution is 0.617. The van der Waals surface area contributed by atoms with E-state index in [9.17, 15) is 0 Å². The summed E-state index contributed by atoms with van der Waals surface area (Å²) in [5.41, 5.74) is 3.39. The fourth-order valence-corrected chi connectivity index (χ4v) is 3.57. The molecule has 0 atom stereocenters. The molecule has 0 unspecified atom stereocenters. The molecule has 0 radical (unpaired) electrons. The maximum absolute atomic E-state index is 5.83. The largest absolute Gasteiger partial charge is 0.462 e. The zero-order chi connectivity index (χ0) is 14.0. The topological polar surface area (TPSA) is 18.1 Å². The molecule has 0 fully saturated rings. The molecule has 0 aliphatic rings. The van der Waals surface area contributed by atoms with Crippen LogP contribution in [0.2, 0.25) is 0 Å². The SMILES string of the molecule is Cn1c2ccccc2c2c3ccccc3c3ccoc3c21. The number of benzene rings is 3. The lowest BCUT2D eigenvalue weighted by Crippen LogP contribution is -1.87. The Hall–Kier alpha value is -2.74. The molecule has 5 rings (SSSR count). The zero-order valence-corrected chi connectivity index (χ0v) is 11.6. The van der Waals surface area contributed by atoms with Gasteiger partial charge in [0.2, 0.25) is 0 Å². The van der Waals surface area contributed by atoms with Crippen LogP contribution in [0.25, 0.3) is 43.5 Å². The number of fused-ring (bicyclic) bond motifs is 8. The highest BCUT2D eigenvalue weighted by atomic mass is 16.3. The Bertz CT molecular complexity index is 1140. The molecule has 2 heteroatoms. The Morgan fingerprint density at radius 1 is 0.762 bits per heavy atom. The van der Waals surface area contributed by atoms with Gasteiger partial charge in [-0.15, -0.1) is 0 Å². The van der Waals surface area contributed by atoms with E-state index < -0.39 is 0 Å². The van der Waals surface area contributed by atoms with Gasteiger partial charge in [0.05, 0.1) is 11.8 Å². The smallest absolute Gasteiger partial charge is 0.158 e. The molecule has 0 spiro atoms. The van der Waals surface area contributed by atoms with Crippen LogP contribution < -0.4 is 0 Å². The molecule has 5 aromatic rings. The van der Waals surface area contributed by atoms with Crippen LogP contribution in [0.5, 0.6) is 0 Å². The highest BCUT2D eigenvalue weighted by Crippen LogP contribution is 2.40. The Morgan fingerprint density at radius 3 is 2.33 bits per heavy atom. The van der Waals surface area contributed by atoms with E-state index >= 15 is 0 Å². The van der Waals surface area contributed by atoms with Gasteiger partial charge >= 0.3 is 0 Å². The van der Waals surface area contributed by atoms with Crippen LogP contribution in [0, 0.1) is 0 Å². The predicted octanol–water partition coefficient (Wildman–Crippen LogP) is 5.23. The normalized spacial score (nSPS) is 12.0. The van der Waals surface area contributed by atoms with Crippen molar-refractivity contribution in [2.24, 2.45) is 7.05 Å².